The molecule has 90 valence electrons. The molecule has 1 N–H and O–H groups in total. The summed E-state index contributed by atoms with van der Waals surface area (Å²) in [7, 11) is 0. The third kappa shape index (κ3) is 2.20. The minimum atomic E-state index is -0.648. The van der Waals surface area contributed by atoms with Gasteiger partial charge in [-0.3, -0.25) is 14.9 Å². The summed E-state index contributed by atoms with van der Waals surface area (Å²) in [5, 5.41) is 19.5. The molecule has 0 atom stereocenters. The Labute approximate surface area is 101 Å². The third-order valence-corrected chi connectivity index (χ3v) is 2.72. The van der Waals surface area contributed by atoms with Crippen molar-refractivity contribution >= 4 is 23.2 Å². The average Bonchev–Trinajstić information content (AvgIpc) is 2.24. The first kappa shape index (κ1) is 11.7. The van der Waals surface area contributed by atoms with Crippen molar-refractivity contribution in [3.05, 3.63) is 33.1 Å². The van der Waals surface area contributed by atoms with Gasteiger partial charge in [-0.1, -0.05) is 11.6 Å². The summed E-state index contributed by atoms with van der Waals surface area (Å²) in [4.78, 5) is 26.7. The number of aliphatic hydroxyl groups excluding tert-OH is 1. The number of halogens is 1. The molecule has 0 unspecified atom stereocenters. The highest BCUT2D eigenvalue weighted by Gasteiger charge is 2.31. The fourth-order valence-electron chi connectivity index (χ4n) is 1.48. The van der Waals surface area contributed by atoms with Crippen LogP contribution < -0.4 is 0 Å². The molecule has 1 aliphatic heterocycles. The van der Waals surface area contributed by atoms with Gasteiger partial charge in [0, 0.05) is 19.2 Å². The molecular formula is C9H8ClN3O4. The van der Waals surface area contributed by atoms with Crippen LogP contribution in [0.4, 0.5) is 5.69 Å². The van der Waals surface area contributed by atoms with Gasteiger partial charge < -0.3 is 10.0 Å². The lowest BCUT2D eigenvalue weighted by molar-refractivity contribution is -0.385. The number of aromatic nitrogens is 1. The summed E-state index contributed by atoms with van der Waals surface area (Å²) in [6, 6.07) is 1.09. The van der Waals surface area contributed by atoms with Crippen LogP contribution in [0.2, 0.25) is 5.15 Å². The Morgan fingerprint density at radius 1 is 1.65 bits per heavy atom. The Morgan fingerprint density at radius 3 is 2.82 bits per heavy atom. The number of aliphatic hydroxyl groups is 1. The van der Waals surface area contributed by atoms with Crippen molar-refractivity contribution in [1.82, 2.24) is 9.88 Å². The monoisotopic (exact) mass is 257 g/mol. The molecule has 2 heterocycles. The molecule has 8 heteroatoms. The van der Waals surface area contributed by atoms with E-state index in [-0.39, 0.29) is 29.5 Å². The van der Waals surface area contributed by atoms with Gasteiger partial charge in [0.25, 0.3) is 11.6 Å². The van der Waals surface area contributed by atoms with Gasteiger partial charge in [0.15, 0.2) is 0 Å². The maximum absolute atomic E-state index is 11.8. The van der Waals surface area contributed by atoms with E-state index in [2.05, 4.69) is 4.98 Å². The van der Waals surface area contributed by atoms with Crippen molar-refractivity contribution in [3.63, 3.8) is 0 Å². The van der Waals surface area contributed by atoms with Crippen LogP contribution >= 0.6 is 11.6 Å². The predicted molar refractivity (Wildman–Crippen MR) is 57.8 cm³/mol. The molecule has 0 spiro atoms. The second kappa shape index (κ2) is 4.27. The molecule has 1 saturated heterocycles. The maximum atomic E-state index is 11.8. The molecule has 0 aromatic carbocycles. The summed E-state index contributed by atoms with van der Waals surface area (Å²) < 4.78 is 0. The highest BCUT2D eigenvalue weighted by atomic mass is 35.5. The number of hydrogen-bond donors (Lipinski definition) is 1. The molecule has 1 aliphatic rings. The van der Waals surface area contributed by atoms with Gasteiger partial charge in [-0.15, -0.1) is 0 Å². The zero-order chi connectivity index (χ0) is 12.6. The van der Waals surface area contributed by atoms with Crippen molar-refractivity contribution in [2.75, 3.05) is 13.1 Å². The Kier molecular flexibility index (Phi) is 2.95. The van der Waals surface area contributed by atoms with E-state index in [9.17, 15) is 14.9 Å². The number of pyridine rings is 1. The van der Waals surface area contributed by atoms with Crippen molar-refractivity contribution in [2.24, 2.45) is 0 Å². The third-order valence-electron chi connectivity index (χ3n) is 2.42. The molecule has 1 aromatic heterocycles. The van der Waals surface area contributed by atoms with Gasteiger partial charge in [-0.2, -0.15) is 0 Å². The molecule has 0 saturated carbocycles. The lowest BCUT2D eigenvalue weighted by atomic mass is 10.1. The Hall–Kier alpha value is -1.73. The summed E-state index contributed by atoms with van der Waals surface area (Å²) in [6.07, 6.45) is 0.453. The van der Waals surface area contributed by atoms with E-state index in [4.69, 9.17) is 16.7 Å². The number of carbonyl (C=O) groups is 1. The molecular weight excluding hydrogens is 250 g/mol. The fraction of sp³-hybridized carbons (Fsp3) is 0.333. The van der Waals surface area contributed by atoms with Gasteiger partial charge in [-0.05, 0) is 0 Å². The van der Waals surface area contributed by atoms with Gasteiger partial charge in [-0.25, -0.2) is 4.98 Å². The quantitative estimate of drug-likeness (QED) is 0.472. The molecule has 0 bridgehead atoms. The first-order chi connectivity index (χ1) is 7.99. The van der Waals surface area contributed by atoms with Gasteiger partial charge in [0.1, 0.15) is 11.3 Å². The predicted octanol–water partition coefficient (Wildman–Crippen LogP) is 0.460. The molecule has 1 amide bonds. The number of hydrogen-bond acceptors (Lipinski definition) is 5. The maximum Gasteiger partial charge on any atom is 0.288 e. The number of nitrogens with zero attached hydrogens (tertiary/aromatic N) is 3. The Morgan fingerprint density at radius 2 is 2.29 bits per heavy atom. The number of amides is 1. The number of β-amino-alcohol motifs (C(OH)–C–C–N with tert-alkyl or cyclic N) is 1. The topological polar surface area (TPSA) is 96.6 Å². The second-order valence-corrected chi connectivity index (χ2v) is 4.01. The van der Waals surface area contributed by atoms with Crippen LogP contribution in [0.1, 0.15) is 10.4 Å². The number of carbonyl (C=O) groups excluding carboxylic acids is 1. The van der Waals surface area contributed by atoms with Crippen LogP contribution in [-0.2, 0) is 0 Å². The average molecular weight is 258 g/mol. The number of likely N-dealkylation sites (tertiary alicyclic amines) is 1. The van der Waals surface area contributed by atoms with Crippen LogP contribution in [0.5, 0.6) is 0 Å². The Bertz CT molecular complexity index is 487. The van der Waals surface area contributed by atoms with Crippen LogP contribution in [0, 0.1) is 10.1 Å². The summed E-state index contributed by atoms with van der Waals surface area (Å²) in [6.45, 7) is 0.412. The lowest BCUT2D eigenvalue weighted by Gasteiger charge is -2.35. The minimum Gasteiger partial charge on any atom is -0.389 e. The molecule has 0 radical (unpaired) electrons. The van der Waals surface area contributed by atoms with E-state index in [1.165, 1.54) is 4.90 Å². The smallest absolute Gasteiger partial charge is 0.288 e. The van der Waals surface area contributed by atoms with Crippen molar-refractivity contribution in [1.29, 1.82) is 0 Å². The highest BCUT2D eigenvalue weighted by Crippen LogP contribution is 2.22. The van der Waals surface area contributed by atoms with E-state index in [0.29, 0.717) is 0 Å². The van der Waals surface area contributed by atoms with E-state index < -0.39 is 16.9 Å². The van der Waals surface area contributed by atoms with Crippen LogP contribution in [0.3, 0.4) is 0 Å². The molecule has 1 aromatic rings. The molecule has 2 rings (SSSR count). The van der Waals surface area contributed by atoms with Gasteiger partial charge in [0.2, 0.25) is 0 Å². The second-order valence-electron chi connectivity index (χ2n) is 3.65. The molecule has 17 heavy (non-hydrogen) atoms. The largest absolute Gasteiger partial charge is 0.389 e. The lowest BCUT2D eigenvalue weighted by Crippen LogP contribution is -2.53. The van der Waals surface area contributed by atoms with Gasteiger partial charge >= 0.3 is 0 Å². The minimum absolute atomic E-state index is 0.0206. The number of nitro groups is 1. The van der Waals surface area contributed by atoms with E-state index in [1.807, 2.05) is 0 Å². The molecule has 1 fully saturated rings. The highest BCUT2D eigenvalue weighted by molar-refractivity contribution is 6.32. The Balaban J connectivity index is 2.27. The summed E-state index contributed by atoms with van der Waals surface area (Å²) in [5.74, 6) is -0.462. The fourth-order valence-corrected chi connectivity index (χ4v) is 1.66. The van der Waals surface area contributed by atoms with Crippen molar-refractivity contribution in [2.45, 2.75) is 6.10 Å². The van der Waals surface area contributed by atoms with Crippen LogP contribution in [-0.4, -0.2) is 45.0 Å². The van der Waals surface area contributed by atoms with Crippen molar-refractivity contribution < 1.29 is 14.8 Å². The molecule has 7 nitrogen and oxygen atoms in total. The van der Waals surface area contributed by atoms with Crippen LogP contribution in [0.15, 0.2) is 12.3 Å². The molecule has 0 aliphatic carbocycles. The first-order valence-electron chi connectivity index (χ1n) is 4.76. The normalized spacial score (nSPS) is 15.5. The standard InChI is InChI=1S/C9H8ClN3O4/c10-8-7(1-5(2-11-8)13(16)17)9(15)12-3-6(14)4-12/h1-2,6,14H,3-4H2. The SMILES string of the molecule is O=C(c1cc([N+](=O)[O-])cnc1Cl)N1CC(O)C1. The zero-order valence-corrected chi connectivity index (χ0v) is 9.29. The summed E-state index contributed by atoms with van der Waals surface area (Å²) >= 11 is 5.71. The van der Waals surface area contributed by atoms with E-state index in [0.717, 1.165) is 12.3 Å². The van der Waals surface area contributed by atoms with E-state index in [1.54, 1.807) is 0 Å². The number of rotatable bonds is 2. The van der Waals surface area contributed by atoms with E-state index >= 15 is 0 Å². The van der Waals surface area contributed by atoms with Gasteiger partial charge in [0.05, 0.1) is 16.6 Å². The van der Waals surface area contributed by atoms with Crippen LogP contribution in [0.25, 0.3) is 0 Å². The van der Waals surface area contributed by atoms with Crippen molar-refractivity contribution in [3.8, 4) is 0 Å². The zero-order valence-electron chi connectivity index (χ0n) is 8.54. The first-order valence-corrected chi connectivity index (χ1v) is 5.14. The summed E-state index contributed by atoms with van der Waals surface area (Å²) in [5.41, 5.74) is -0.313.